The van der Waals surface area contributed by atoms with E-state index in [1.54, 1.807) is 4.68 Å². The molecule has 0 aliphatic heterocycles. The van der Waals surface area contributed by atoms with Gasteiger partial charge < -0.3 is 10.6 Å². The van der Waals surface area contributed by atoms with E-state index in [9.17, 15) is 4.79 Å². The summed E-state index contributed by atoms with van der Waals surface area (Å²) < 4.78 is 2.52. The van der Waals surface area contributed by atoms with Crippen LogP contribution >= 0.6 is 23.1 Å². The van der Waals surface area contributed by atoms with Gasteiger partial charge in [-0.25, -0.2) is 4.68 Å². The molecule has 2 aromatic heterocycles. The Bertz CT molecular complexity index is 1200. The molecule has 0 bridgehead atoms. The molecule has 4 rings (SSSR count). The van der Waals surface area contributed by atoms with Crippen LogP contribution in [0, 0.1) is 0 Å². The maximum absolute atomic E-state index is 12.7. The van der Waals surface area contributed by atoms with E-state index in [1.807, 2.05) is 54.6 Å². The van der Waals surface area contributed by atoms with Crippen molar-refractivity contribution >= 4 is 40.0 Å². The van der Waals surface area contributed by atoms with Gasteiger partial charge in [-0.05, 0) is 17.7 Å². The third-order valence-corrected chi connectivity index (χ3v) is 6.78. The zero-order valence-corrected chi connectivity index (χ0v) is 20.4. The van der Waals surface area contributed by atoms with Gasteiger partial charge in [-0.15, -0.1) is 10.2 Å². The van der Waals surface area contributed by atoms with Crippen molar-refractivity contribution in [2.45, 2.75) is 37.1 Å². The van der Waals surface area contributed by atoms with Crippen molar-refractivity contribution in [2.75, 3.05) is 16.4 Å². The molecule has 1 amide bonds. The fourth-order valence-corrected chi connectivity index (χ4v) is 4.57. The molecule has 2 heterocycles. The first-order chi connectivity index (χ1) is 15.9. The topological polar surface area (TPSA) is 84.7 Å². The fraction of sp³-hybridized carbons (Fsp3) is 0.250. The van der Waals surface area contributed by atoms with Crippen LogP contribution in [0.5, 0.6) is 0 Å². The number of rotatable bonds is 8. The van der Waals surface area contributed by atoms with Gasteiger partial charge in [0, 0.05) is 18.0 Å². The Labute approximate surface area is 201 Å². The molecule has 7 nitrogen and oxygen atoms in total. The molecule has 170 valence electrons. The standard InChI is InChI=1S/C24H26N6OS2/c1-24(2,3)19-14-20(30(29-19)18-12-8-5-9-13-18)26-21(31)16-32-23-28-27-22(33-23)25-15-17-10-6-4-7-11-17/h4-14H,15-16H2,1-3H3,(H,25,27)(H,26,31). The first kappa shape index (κ1) is 23.0. The van der Waals surface area contributed by atoms with Crippen LogP contribution in [0.2, 0.25) is 0 Å². The maximum atomic E-state index is 12.7. The highest BCUT2D eigenvalue weighted by Gasteiger charge is 2.21. The molecule has 2 aromatic carbocycles. The predicted octanol–water partition coefficient (Wildman–Crippen LogP) is 5.36. The Hall–Kier alpha value is -3.17. The molecule has 0 aliphatic carbocycles. The lowest BCUT2D eigenvalue weighted by Crippen LogP contribution is -2.16. The van der Waals surface area contributed by atoms with Gasteiger partial charge >= 0.3 is 0 Å². The highest BCUT2D eigenvalue weighted by Crippen LogP contribution is 2.28. The first-order valence-corrected chi connectivity index (χ1v) is 12.4. The van der Waals surface area contributed by atoms with Crippen LogP contribution in [0.25, 0.3) is 5.69 Å². The monoisotopic (exact) mass is 478 g/mol. The van der Waals surface area contributed by atoms with E-state index in [4.69, 9.17) is 5.10 Å². The number of carbonyl (C=O) groups is 1. The Morgan fingerprint density at radius 2 is 1.73 bits per heavy atom. The second-order valence-electron chi connectivity index (χ2n) is 8.46. The summed E-state index contributed by atoms with van der Waals surface area (Å²) in [5.74, 6) is 0.767. The Morgan fingerprint density at radius 3 is 2.42 bits per heavy atom. The summed E-state index contributed by atoms with van der Waals surface area (Å²) in [4.78, 5) is 12.7. The summed E-state index contributed by atoms with van der Waals surface area (Å²) in [7, 11) is 0. The van der Waals surface area contributed by atoms with Crippen molar-refractivity contribution in [1.29, 1.82) is 0 Å². The summed E-state index contributed by atoms with van der Waals surface area (Å²) in [5, 5.41) is 20.1. The summed E-state index contributed by atoms with van der Waals surface area (Å²) in [5.41, 5.74) is 2.84. The van der Waals surface area contributed by atoms with Crippen molar-refractivity contribution < 1.29 is 4.79 Å². The van der Waals surface area contributed by atoms with E-state index < -0.39 is 0 Å². The average Bonchev–Trinajstić information content (AvgIpc) is 3.45. The lowest BCUT2D eigenvalue weighted by Gasteiger charge is -2.14. The largest absolute Gasteiger partial charge is 0.356 e. The van der Waals surface area contributed by atoms with Crippen molar-refractivity contribution in [3.63, 3.8) is 0 Å². The van der Waals surface area contributed by atoms with Gasteiger partial charge in [0.15, 0.2) is 4.34 Å². The third kappa shape index (κ3) is 6.21. The Balaban J connectivity index is 1.37. The van der Waals surface area contributed by atoms with E-state index in [2.05, 4.69) is 53.7 Å². The van der Waals surface area contributed by atoms with Crippen molar-refractivity contribution in [1.82, 2.24) is 20.0 Å². The van der Waals surface area contributed by atoms with Gasteiger partial charge in [0.05, 0.1) is 17.1 Å². The molecule has 0 unspecified atom stereocenters. The fourth-order valence-electron chi connectivity index (χ4n) is 3.02. The number of aromatic nitrogens is 4. The molecule has 33 heavy (non-hydrogen) atoms. The molecular weight excluding hydrogens is 452 g/mol. The molecule has 2 N–H and O–H groups in total. The van der Waals surface area contributed by atoms with E-state index >= 15 is 0 Å². The summed E-state index contributed by atoms with van der Waals surface area (Å²) in [6.07, 6.45) is 0. The number of hydrogen-bond donors (Lipinski definition) is 2. The van der Waals surface area contributed by atoms with Crippen molar-refractivity contribution in [2.24, 2.45) is 0 Å². The number of nitrogens with zero attached hydrogens (tertiary/aromatic N) is 4. The van der Waals surface area contributed by atoms with Crippen molar-refractivity contribution in [3.05, 3.63) is 78.0 Å². The number of hydrogen-bond acceptors (Lipinski definition) is 7. The van der Waals surface area contributed by atoms with Crippen LogP contribution < -0.4 is 10.6 Å². The quantitative estimate of drug-likeness (QED) is 0.332. The van der Waals surface area contributed by atoms with Crippen LogP contribution in [0.1, 0.15) is 32.0 Å². The molecule has 0 aliphatic rings. The lowest BCUT2D eigenvalue weighted by atomic mass is 9.92. The van der Waals surface area contributed by atoms with Crippen LogP contribution in [0.3, 0.4) is 0 Å². The second kappa shape index (κ2) is 10.2. The second-order valence-corrected chi connectivity index (χ2v) is 10.7. The minimum Gasteiger partial charge on any atom is -0.356 e. The number of anilines is 2. The number of carbonyl (C=O) groups excluding carboxylic acids is 1. The van der Waals surface area contributed by atoms with Gasteiger partial charge in [-0.3, -0.25) is 4.79 Å². The molecule has 0 atom stereocenters. The number of thioether (sulfide) groups is 1. The van der Waals surface area contributed by atoms with E-state index in [1.165, 1.54) is 28.7 Å². The predicted molar refractivity (Wildman–Crippen MR) is 135 cm³/mol. The Kier molecular flexibility index (Phi) is 7.10. The molecule has 0 spiro atoms. The van der Waals surface area contributed by atoms with Crippen molar-refractivity contribution in [3.8, 4) is 5.69 Å². The van der Waals surface area contributed by atoms with Crippen LogP contribution in [-0.2, 0) is 16.8 Å². The maximum Gasteiger partial charge on any atom is 0.235 e. The number of benzene rings is 2. The highest BCUT2D eigenvalue weighted by molar-refractivity contribution is 8.01. The number of amides is 1. The highest BCUT2D eigenvalue weighted by atomic mass is 32.2. The third-order valence-electron chi connectivity index (χ3n) is 4.77. The van der Waals surface area contributed by atoms with Crippen LogP contribution in [0.15, 0.2) is 71.1 Å². The molecule has 0 saturated heterocycles. The zero-order chi connectivity index (χ0) is 23.3. The van der Waals surface area contributed by atoms with Gasteiger partial charge in [-0.2, -0.15) is 5.10 Å². The molecule has 0 saturated carbocycles. The van der Waals surface area contributed by atoms with Crippen LogP contribution in [0.4, 0.5) is 10.9 Å². The average molecular weight is 479 g/mol. The minimum atomic E-state index is -0.135. The normalized spacial score (nSPS) is 11.4. The van der Waals surface area contributed by atoms with E-state index in [-0.39, 0.29) is 17.1 Å². The zero-order valence-electron chi connectivity index (χ0n) is 18.8. The summed E-state index contributed by atoms with van der Waals surface area (Å²) in [6.45, 7) is 6.99. The molecule has 4 aromatic rings. The molecular formula is C24H26N6OS2. The number of para-hydroxylation sites is 1. The molecule has 0 fully saturated rings. The van der Waals surface area contributed by atoms with Gasteiger partial charge in [0.1, 0.15) is 5.82 Å². The summed E-state index contributed by atoms with van der Waals surface area (Å²) in [6, 6.07) is 21.8. The van der Waals surface area contributed by atoms with E-state index in [0.29, 0.717) is 12.4 Å². The molecule has 9 heteroatoms. The van der Waals surface area contributed by atoms with Crippen LogP contribution in [-0.4, -0.2) is 31.6 Å². The van der Waals surface area contributed by atoms with Gasteiger partial charge in [-0.1, -0.05) is 92.4 Å². The smallest absolute Gasteiger partial charge is 0.235 e. The van der Waals surface area contributed by atoms with Gasteiger partial charge in [0.25, 0.3) is 0 Å². The first-order valence-electron chi connectivity index (χ1n) is 10.6. The Morgan fingerprint density at radius 1 is 1.03 bits per heavy atom. The molecule has 0 radical (unpaired) electrons. The minimum absolute atomic E-state index is 0.119. The lowest BCUT2D eigenvalue weighted by molar-refractivity contribution is -0.113. The number of nitrogens with one attached hydrogen (secondary N) is 2. The van der Waals surface area contributed by atoms with Gasteiger partial charge in [0.2, 0.25) is 11.0 Å². The van der Waals surface area contributed by atoms with E-state index in [0.717, 1.165) is 20.9 Å². The summed E-state index contributed by atoms with van der Waals surface area (Å²) >= 11 is 2.81. The SMILES string of the molecule is CC(C)(C)c1cc(NC(=O)CSc2nnc(NCc3ccccc3)s2)n(-c2ccccc2)n1.